The van der Waals surface area contributed by atoms with Crippen LogP contribution in [0.2, 0.25) is 0 Å². The fourth-order valence-electron chi connectivity index (χ4n) is 6.64. The predicted octanol–water partition coefficient (Wildman–Crippen LogP) is 5.62. The van der Waals surface area contributed by atoms with E-state index in [9.17, 15) is 10.2 Å². The largest absolute Gasteiger partial charge is 0.388 e. The molecule has 8 atom stereocenters. The zero-order valence-corrected chi connectivity index (χ0v) is 24.1. The average molecular weight is 509 g/mol. The molecular weight excluding hydrogens is 456 g/mol. The van der Waals surface area contributed by atoms with Crippen LogP contribution in [-0.4, -0.2) is 68.7 Å². The standard InChI is InChI=1S/C30H52O6/c1-20(11-12-22-27(4,5)34-22)10-9-17-28(6,32)23-13-14-24(33-23)29(7)19-16-25(36-29)30(8)18-15-21(35-30)26(2,3)31/h10,21-25,31-32H,9,11-19H2,1-8H3/b20-10+/t21-,22?,23-,24-,25+,28+,29-,30+/m1/s1. The Kier molecular flexibility index (Phi) is 7.85. The Labute approximate surface area is 219 Å². The van der Waals surface area contributed by atoms with Crippen LogP contribution >= 0.6 is 0 Å². The molecule has 4 fully saturated rings. The van der Waals surface area contributed by atoms with E-state index in [0.29, 0.717) is 12.5 Å². The van der Waals surface area contributed by atoms with Crippen LogP contribution in [0.1, 0.15) is 120 Å². The third kappa shape index (κ3) is 6.21. The maximum Gasteiger partial charge on any atom is 0.0921 e. The molecule has 0 aliphatic carbocycles. The number of allylic oxidation sites excluding steroid dienone is 2. The highest BCUT2D eigenvalue weighted by molar-refractivity contribution is 5.06. The first-order chi connectivity index (χ1) is 16.5. The molecule has 0 bridgehead atoms. The van der Waals surface area contributed by atoms with Crippen molar-refractivity contribution >= 4 is 0 Å². The van der Waals surface area contributed by atoms with Gasteiger partial charge in [0.2, 0.25) is 0 Å². The highest BCUT2D eigenvalue weighted by Gasteiger charge is 2.55. The van der Waals surface area contributed by atoms with Crippen molar-refractivity contribution in [2.75, 3.05) is 0 Å². The molecule has 0 aromatic rings. The van der Waals surface area contributed by atoms with Crippen LogP contribution < -0.4 is 0 Å². The molecule has 0 spiro atoms. The third-order valence-corrected chi connectivity index (χ3v) is 9.60. The molecule has 36 heavy (non-hydrogen) atoms. The lowest BCUT2D eigenvalue weighted by Crippen LogP contribution is -2.47. The predicted molar refractivity (Wildman–Crippen MR) is 141 cm³/mol. The van der Waals surface area contributed by atoms with Crippen molar-refractivity contribution in [2.24, 2.45) is 0 Å². The normalized spacial score (nSPS) is 42.6. The zero-order valence-electron chi connectivity index (χ0n) is 24.1. The van der Waals surface area contributed by atoms with Crippen LogP contribution in [0.25, 0.3) is 0 Å². The van der Waals surface area contributed by atoms with Gasteiger partial charge in [-0.15, -0.1) is 0 Å². The summed E-state index contributed by atoms with van der Waals surface area (Å²) in [5.41, 5.74) is -1.03. The van der Waals surface area contributed by atoms with Crippen molar-refractivity contribution in [1.82, 2.24) is 0 Å². The molecule has 0 amide bonds. The molecule has 0 saturated carbocycles. The molecule has 0 aromatic carbocycles. The van der Waals surface area contributed by atoms with E-state index in [-0.39, 0.29) is 41.2 Å². The highest BCUT2D eigenvalue weighted by Crippen LogP contribution is 2.48. The summed E-state index contributed by atoms with van der Waals surface area (Å²) >= 11 is 0. The van der Waals surface area contributed by atoms with Crippen molar-refractivity contribution in [3.05, 3.63) is 11.6 Å². The van der Waals surface area contributed by atoms with Gasteiger partial charge in [0.05, 0.1) is 58.5 Å². The van der Waals surface area contributed by atoms with Crippen molar-refractivity contribution in [1.29, 1.82) is 0 Å². The fraction of sp³-hybridized carbons (Fsp3) is 0.933. The second-order valence-corrected chi connectivity index (χ2v) is 14.0. The summed E-state index contributed by atoms with van der Waals surface area (Å²) in [4.78, 5) is 0. The molecule has 6 heteroatoms. The first-order valence-corrected chi connectivity index (χ1v) is 14.3. The summed E-state index contributed by atoms with van der Waals surface area (Å²) in [6.07, 6.45) is 11.3. The zero-order chi connectivity index (χ0) is 26.6. The van der Waals surface area contributed by atoms with E-state index in [0.717, 1.165) is 57.8 Å². The molecule has 0 radical (unpaired) electrons. The molecular formula is C30H52O6. The molecule has 6 nitrogen and oxygen atoms in total. The van der Waals surface area contributed by atoms with Gasteiger partial charge in [0, 0.05) is 0 Å². The van der Waals surface area contributed by atoms with E-state index in [1.54, 1.807) is 0 Å². The molecule has 1 unspecified atom stereocenters. The monoisotopic (exact) mass is 508 g/mol. The molecule has 4 aliphatic rings. The second kappa shape index (κ2) is 9.91. The minimum atomic E-state index is -0.859. The van der Waals surface area contributed by atoms with Crippen molar-refractivity contribution in [2.45, 2.75) is 178 Å². The van der Waals surface area contributed by atoms with E-state index >= 15 is 0 Å². The van der Waals surface area contributed by atoms with Crippen LogP contribution in [0.3, 0.4) is 0 Å². The summed E-state index contributed by atoms with van der Waals surface area (Å²) in [5, 5.41) is 21.7. The number of hydrogen-bond acceptors (Lipinski definition) is 6. The number of aliphatic hydroxyl groups is 2. The van der Waals surface area contributed by atoms with Gasteiger partial charge in [-0.05, 0) is 120 Å². The lowest BCUT2D eigenvalue weighted by molar-refractivity contribution is -0.201. The van der Waals surface area contributed by atoms with Gasteiger partial charge in [-0.2, -0.15) is 0 Å². The van der Waals surface area contributed by atoms with Crippen LogP contribution in [0.4, 0.5) is 0 Å². The lowest BCUT2D eigenvalue weighted by atomic mass is 9.89. The molecule has 4 heterocycles. The Hall–Kier alpha value is -0.500. The van der Waals surface area contributed by atoms with Crippen molar-refractivity contribution in [3.63, 3.8) is 0 Å². The van der Waals surface area contributed by atoms with Crippen molar-refractivity contribution < 1.29 is 29.2 Å². The highest BCUT2D eigenvalue weighted by atomic mass is 16.6. The number of ether oxygens (including phenoxy) is 4. The molecule has 2 N–H and O–H groups in total. The van der Waals surface area contributed by atoms with E-state index in [1.807, 2.05) is 20.8 Å². The van der Waals surface area contributed by atoms with E-state index in [4.69, 9.17) is 18.9 Å². The summed E-state index contributed by atoms with van der Waals surface area (Å²) < 4.78 is 25.3. The molecule has 4 saturated heterocycles. The molecule has 208 valence electrons. The summed E-state index contributed by atoms with van der Waals surface area (Å²) in [6.45, 7) is 16.3. The van der Waals surface area contributed by atoms with Gasteiger partial charge >= 0.3 is 0 Å². The number of rotatable bonds is 10. The van der Waals surface area contributed by atoms with E-state index in [1.165, 1.54) is 5.57 Å². The van der Waals surface area contributed by atoms with E-state index < -0.39 is 11.2 Å². The second-order valence-electron chi connectivity index (χ2n) is 14.0. The lowest BCUT2D eigenvalue weighted by Gasteiger charge is -2.38. The van der Waals surface area contributed by atoms with Gasteiger partial charge in [0.1, 0.15) is 0 Å². The van der Waals surface area contributed by atoms with Gasteiger partial charge < -0.3 is 29.2 Å². The van der Waals surface area contributed by atoms with Crippen LogP contribution in [0.15, 0.2) is 11.6 Å². The Morgan fingerprint density at radius 2 is 1.50 bits per heavy atom. The van der Waals surface area contributed by atoms with Crippen LogP contribution in [0.5, 0.6) is 0 Å². The van der Waals surface area contributed by atoms with Crippen LogP contribution in [0, 0.1) is 0 Å². The van der Waals surface area contributed by atoms with Gasteiger partial charge in [0.15, 0.2) is 0 Å². The minimum absolute atomic E-state index is 0.00210. The number of epoxide rings is 1. The topological polar surface area (TPSA) is 80.7 Å². The maximum atomic E-state index is 11.3. The van der Waals surface area contributed by atoms with Gasteiger partial charge in [-0.1, -0.05) is 11.6 Å². The average Bonchev–Trinajstić information content (AvgIpc) is 3.26. The molecule has 4 aliphatic heterocycles. The summed E-state index contributed by atoms with van der Waals surface area (Å²) in [7, 11) is 0. The minimum Gasteiger partial charge on any atom is -0.388 e. The smallest absolute Gasteiger partial charge is 0.0921 e. The van der Waals surface area contributed by atoms with E-state index in [2.05, 4.69) is 40.7 Å². The Morgan fingerprint density at radius 3 is 2.11 bits per heavy atom. The maximum absolute atomic E-state index is 11.3. The van der Waals surface area contributed by atoms with Gasteiger partial charge in [-0.25, -0.2) is 0 Å². The van der Waals surface area contributed by atoms with Gasteiger partial charge in [-0.3, -0.25) is 0 Å². The Balaban J connectivity index is 1.25. The Bertz CT molecular complexity index is 813. The molecule has 4 rings (SSSR count). The SMILES string of the molecule is C/C(=C\CC[C@](C)(O)[C@H]1CC[C@H]([C@@]2(C)CC[C@@H]([C@]3(C)CC[C@H](C(C)(C)O)O3)O2)O1)CCC1OC1(C)C. The summed E-state index contributed by atoms with van der Waals surface area (Å²) in [5.74, 6) is 0. The first-order valence-electron chi connectivity index (χ1n) is 14.3. The number of hydrogen-bond donors (Lipinski definition) is 2. The third-order valence-electron chi connectivity index (χ3n) is 9.60. The summed E-state index contributed by atoms with van der Waals surface area (Å²) in [6, 6.07) is 0. The quantitative estimate of drug-likeness (QED) is 0.295. The fourth-order valence-corrected chi connectivity index (χ4v) is 6.64. The first kappa shape index (κ1) is 28.5. The molecule has 0 aromatic heterocycles. The van der Waals surface area contributed by atoms with Crippen LogP contribution in [-0.2, 0) is 18.9 Å². The van der Waals surface area contributed by atoms with Crippen molar-refractivity contribution in [3.8, 4) is 0 Å². The van der Waals surface area contributed by atoms with Gasteiger partial charge in [0.25, 0.3) is 0 Å². The Morgan fingerprint density at radius 1 is 0.861 bits per heavy atom.